The van der Waals surface area contributed by atoms with Crippen LogP contribution in [0.2, 0.25) is 0 Å². The zero-order valence-corrected chi connectivity index (χ0v) is 13.3. The molecule has 22 heavy (non-hydrogen) atoms. The first-order valence-electron chi connectivity index (χ1n) is 7.27. The fraction of sp³-hybridized carbons (Fsp3) is 0.500. The minimum absolute atomic E-state index is 0.0117. The van der Waals surface area contributed by atoms with Crippen molar-refractivity contribution in [2.24, 2.45) is 0 Å². The predicted octanol–water partition coefficient (Wildman–Crippen LogP) is 1.65. The Kier molecular flexibility index (Phi) is 4.69. The average Bonchev–Trinajstić information content (AvgIpc) is 3.18. The monoisotopic (exact) mass is 321 g/mol. The third-order valence-electron chi connectivity index (χ3n) is 3.66. The first-order chi connectivity index (χ1) is 10.7. The molecule has 0 bridgehead atoms. The van der Waals surface area contributed by atoms with Crippen molar-refractivity contribution in [1.29, 1.82) is 0 Å². The molecule has 7 nitrogen and oxygen atoms in total. The summed E-state index contributed by atoms with van der Waals surface area (Å²) in [5, 5.41) is 14.8. The highest BCUT2D eigenvalue weighted by atomic mass is 32.1. The number of ether oxygens (including phenoxy) is 1. The smallest absolute Gasteiger partial charge is 0.407 e. The van der Waals surface area contributed by atoms with E-state index >= 15 is 0 Å². The van der Waals surface area contributed by atoms with Crippen molar-refractivity contribution < 1.29 is 9.53 Å². The first-order valence-corrected chi connectivity index (χ1v) is 8.22. The number of thiophene rings is 1. The lowest BCUT2D eigenvalue weighted by atomic mass is 10.1. The molecule has 0 atom stereocenters. The van der Waals surface area contributed by atoms with Gasteiger partial charge >= 0.3 is 6.09 Å². The summed E-state index contributed by atoms with van der Waals surface area (Å²) in [4.78, 5) is 14.0. The van der Waals surface area contributed by atoms with E-state index in [1.165, 1.54) is 0 Å². The molecule has 1 aliphatic heterocycles. The van der Waals surface area contributed by atoms with Crippen molar-refractivity contribution in [1.82, 2.24) is 25.2 Å². The molecule has 0 aromatic carbocycles. The molecular formula is C14H19N5O2S. The number of likely N-dealkylation sites (tertiary alicyclic amines) is 1. The van der Waals surface area contributed by atoms with Crippen LogP contribution in [0.5, 0.6) is 0 Å². The van der Waals surface area contributed by atoms with E-state index in [0.29, 0.717) is 12.2 Å². The second kappa shape index (κ2) is 6.89. The van der Waals surface area contributed by atoms with E-state index in [2.05, 4.69) is 27.6 Å². The van der Waals surface area contributed by atoms with Crippen molar-refractivity contribution in [3.8, 4) is 5.69 Å². The fourth-order valence-corrected chi connectivity index (χ4v) is 2.97. The van der Waals surface area contributed by atoms with Gasteiger partial charge in [0.2, 0.25) is 0 Å². The van der Waals surface area contributed by atoms with Crippen LogP contribution < -0.4 is 5.32 Å². The highest BCUT2D eigenvalue weighted by Crippen LogP contribution is 2.13. The van der Waals surface area contributed by atoms with Crippen LogP contribution in [0.3, 0.4) is 0 Å². The fourth-order valence-electron chi connectivity index (χ4n) is 2.35. The molecule has 2 aromatic heterocycles. The van der Waals surface area contributed by atoms with Gasteiger partial charge in [0.05, 0.1) is 18.4 Å². The zero-order chi connectivity index (χ0) is 15.4. The van der Waals surface area contributed by atoms with Gasteiger partial charge in [-0.05, 0) is 31.3 Å². The van der Waals surface area contributed by atoms with Gasteiger partial charge in [-0.25, -0.2) is 9.48 Å². The molecule has 3 rings (SSSR count). The van der Waals surface area contributed by atoms with E-state index in [1.54, 1.807) is 22.2 Å². The molecule has 1 saturated heterocycles. The number of nitrogens with zero attached hydrogens (tertiary/aromatic N) is 4. The molecule has 0 saturated carbocycles. The minimum atomic E-state index is -0.389. The number of carbonyl (C=O) groups excluding carboxylic acids is 1. The van der Waals surface area contributed by atoms with Crippen molar-refractivity contribution in [3.05, 3.63) is 28.7 Å². The minimum Gasteiger partial charge on any atom is -0.446 e. The van der Waals surface area contributed by atoms with Gasteiger partial charge in [-0.1, -0.05) is 5.21 Å². The van der Waals surface area contributed by atoms with Gasteiger partial charge in [0, 0.05) is 18.5 Å². The topological polar surface area (TPSA) is 72.3 Å². The maximum atomic E-state index is 11.8. The summed E-state index contributed by atoms with van der Waals surface area (Å²) >= 11 is 1.60. The molecular weight excluding hydrogens is 302 g/mol. The van der Waals surface area contributed by atoms with Crippen LogP contribution in [-0.4, -0.2) is 52.2 Å². The number of alkyl carbamates (subject to hydrolysis) is 1. The van der Waals surface area contributed by atoms with E-state index in [-0.39, 0.29) is 12.2 Å². The van der Waals surface area contributed by atoms with Gasteiger partial charge in [0.15, 0.2) is 0 Å². The predicted molar refractivity (Wildman–Crippen MR) is 83.1 cm³/mol. The number of piperidine rings is 1. The number of hydrogen-bond donors (Lipinski definition) is 1. The Balaban J connectivity index is 1.45. The maximum absolute atomic E-state index is 11.8. The summed E-state index contributed by atoms with van der Waals surface area (Å²) < 4.78 is 7.10. The van der Waals surface area contributed by atoms with Crippen LogP contribution in [0.15, 0.2) is 23.0 Å². The standard InChI is InChI=1S/C14H19N5O2S/c1-18-5-2-13(3-6-18)21-14(20)15-8-11-9-19(17-16-11)12-4-7-22-10-12/h4,7,9-10,13H,2-3,5-6,8H2,1H3,(H,15,20). The highest BCUT2D eigenvalue weighted by Gasteiger charge is 2.20. The van der Waals surface area contributed by atoms with Crippen LogP contribution in [0.25, 0.3) is 5.69 Å². The largest absolute Gasteiger partial charge is 0.446 e. The van der Waals surface area contributed by atoms with E-state index < -0.39 is 0 Å². The summed E-state index contributed by atoms with van der Waals surface area (Å²) in [6.07, 6.45) is 3.20. The second-order valence-electron chi connectivity index (χ2n) is 5.40. The van der Waals surface area contributed by atoms with Crippen molar-refractivity contribution in [3.63, 3.8) is 0 Å². The van der Waals surface area contributed by atoms with Gasteiger partial charge < -0.3 is 15.0 Å². The summed E-state index contributed by atoms with van der Waals surface area (Å²) in [5.74, 6) is 0. The van der Waals surface area contributed by atoms with Crippen LogP contribution in [0.1, 0.15) is 18.5 Å². The molecule has 8 heteroatoms. The van der Waals surface area contributed by atoms with Crippen molar-refractivity contribution in [2.45, 2.75) is 25.5 Å². The molecule has 0 spiro atoms. The van der Waals surface area contributed by atoms with E-state index in [4.69, 9.17) is 4.74 Å². The number of rotatable bonds is 4. The van der Waals surface area contributed by atoms with Crippen molar-refractivity contribution in [2.75, 3.05) is 20.1 Å². The molecule has 0 unspecified atom stereocenters. The van der Waals surface area contributed by atoms with Gasteiger partial charge in [-0.15, -0.1) is 5.10 Å². The summed E-state index contributed by atoms with van der Waals surface area (Å²) in [7, 11) is 2.08. The molecule has 2 aromatic rings. The Morgan fingerprint density at radius 3 is 3.05 bits per heavy atom. The summed E-state index contributed by atoms with van der Waals surface area (Å²) in [6, 6.07) is 1.96. The Hall–Kier alpha value is -1.93. The van der Waals surface area contributed by atoms with E-state index in [9.17, 15) is 4.79 Å². The SMILES string of the molecule is CN1CCC(OC(=O)NCc2cn(-c3ccsc3)nn2)CC1. The molecule has 1 N–H and O–H groups in total. The first kappa shape index (κ1) is 15.0. The Labute approximate surface area is 132 Å². The lowest BCUT2D eigenvalue weighted by Gasteiger charge is -2.28. The molecule has 1 amide bonds. The number of nitrogens with one attached hydrogen (secondary N) is 1. The number of carbonyl (C=O) groups is 1. The third-order valence-corrected chi connectivity index (χ3v) is 4.34. The second-order valence-corrected chi connectivity index (χ2v) is 6.18. The number of hydrogen-bond acceptors (Lipinski definition) is 6. The molecule has 0 radical (unpaired) electrons. The molecule has 118 valence electrons. The van der Waals surface area contributed by atoms with Gasteiger partial charge in [-0.3, -0.25) is 0 Å². The van der Waals surface area contributed by atoms with Crippen LogP contribution in [-0.2, 0) is 11.3 Å². The van der Waals surface area contributed by atoms with Crippen LogP contribution in [0.4, 0.5) is 4.79 Å². The third kappa shape index (κ3) is 3.83. The maximum Gasteiger partial charge on any atom is 0.407 e. The number of aromatic nitrogens is 3. The Bertz CT molecular complexity index is 605. The molecule has 1 fully saturated rings. The Morgan fingerprint density at radius 1 is 1.50 bits per heavy atom. The average molecular weight is 321 g/mol. The lowest BCUT2D eigenvalue weighted by Crippen LogP contribution is -2.37. The zero-order valence-electron chi connectivity index (χ0n) is 12.4. The normalized spacial score (nSPS) is 16.6. The Morgan fingerprint density at radius 2 is 2.32 bits per heavy atom. The quantitative estimate of drug-likeness (QED) is 0.927. The highest BCUT2D eigenvalue weighted by molar-refractivity contribution is 7.08. The van der Waals surface area contributed by atoms with Crippen LogP contribution in [0, 0.1) is 0 Å². The van der Waals surface area contributed by atoms with Gasteiger partial charge in [0.1, 0.15) is 11.8 Å². The summed E-state index contributed by atoms with van der Waals surface area (Å²) in [5.41, 5.74) is 1.67. The molecule has 3 heterocycles. The van der Waals surface area contributed by atoms with E-state index in [1.807, 2.05) is 16.8 Å². The molecule has 1 aliphatic rings. The van der Waals surface area contributed by atoms with Crippen LogP contribution >= 0.6 is 11.3 Å². The summed E-state index contributed by atoms with van der Waals surface area (Å²) in [6.45, 7) is 2.25. The van der Waals surface area contributed by atoms with Gasteiger partial charge in [0.25, 0.3) is 0 Å². The molecule has 0 aliphatic carbocycles. The van der Waals surface area contributed by atoms with E-state index in [0.717, 1.165) is 31.6 Å². The van der Waals surface area contributed by atoms with Crippen molar-refractivity contribution >= 4 is 17.4 Å². The van der Waals surface area contributed by atoms with Gasteiger partial charge in [-0.2, -0.15) is 11.3 Å². The number of amides is 1. The lowest BCUT2D eigenvalue weighted by molar-refractivity contribution is 0.0568.